The highest BCUT2D eigenvalue weighted by molar-refractivity contribution is 6.08. The molecule has 33 heavy (non-hydrogen) atoms. The van der Waals surface area contributed by atoms with Crippen LogP contribution in [0.15, 0.2) is 43.1 Å². The fourth-order valence-corrected chi connectivity index (χ4v) is 4.66. The van der Waals surface area contributed by atoms with E-state index in [-0.39, 0.29) is 18.3 Å². The maximum atomic E-state index is 13.1. The fraction of sp³-hybridized carbons (Fsp3) is 0.417. The number of benzene rings is 1. The minimum atomic E-state index is -1.19. The number of imidazole rings is 1. The molecule has 0 aliphatic heterocycles. The lowest BCUT2D eigenvalue weighted by atomic mass is 9.87. The van der Waals surface area contributed by atoms with E-state index in [0.29, 0.717) is 22.8 Å². The van der Waals surface area contributed by atoms with Crippen molar-refractivity contribution in [3.63, 3.8) is 0 Å². The maximum Gasteiger partial charge on any atom is 0.278 e. The number of carbonyl (C=O) groups excluding carboxylic acids is 1. The van der Waals surface area contributed by atoms with Crippen LogP contribution >= 0.6 is 0 Å². The monoisotopic (exact) mass is 448 g/mol. The molecule has 3 heterocycles. The molecular weight excluding hydrogens is 420 g/mol. The Kier molecular flexibility index (Phi) is 5.38. The van der Waals surface area contributed by atoms with E-state index in [1.807, 2.05) is 23.0 Å². The smallest absolute Gasteiger partial charge is 0.278 e. The molecule has 172 valence electrons. The first-order valence-corrected chi connectivity index (χ1v) is 11.3. The van der Waals surface area contributed by atoms with Crippen molar-refractivity contribution in [3.8, 4) is 0 Å². The van der Waals surface area contributed by atoms with E-state index in [2.05, 4.69) is 15.3 Å². The first-order valence-electron chi connectivity index (χ1n) is 11.3. The van der Waals surface area contributed by atoms with Crippen LogP contribution in [0.4, 0.5) is 5.69 Å². The highest BCUT2D eigenvalue weighted by Gasteiger charge is 2.26. The molecule has 9 nitrogen and oxygen atoms in total. The van der Waals surface area contributed by atoms with Gasteiger partial charge < -0.3 is 15.5 Å². The second-order valence-electron chi connectivity index (χ2n) is 9.38. The highest BCUT2D eigenvalue weighted by Crippen LogP contribution is 2.35. The second kappa shape index (κ2) is 8.24. The molecule has 1 fully saturated rings. The Morgan fingerprint density at radius 1 is 1.21 bits per heavy atom. The number of anilines is 1. The molecule has 9 heteroatoms. The number of aromatic nitrogens is 5. The number of aliphatic hydroxyl groups excluding tert-OH is 1. The van der Waals surface area contributed by atoms with E-state index >= 15 is 0 Å². The Labute approximate surface area is 191 Å². The van der Waals surface area contributed by atoms with Crippen molar-refractivity contribution in [2.24, 2.45) is 5.92 Å². The van der Waals surface area contributed by atoms with Gasteiger partial charge in [0.1, 0.15) is 6.33 Å². The summed E-state index contributed by atoms with van der Waals surface area (Å²) in [5.41, 5.74) is 1.35. The standard InChI is InChI=1S/C24H28N6O3/c1-24(2,33)18-11-19-16(12-30(28-19)17-6-4-15(13-31)5-7-17)10-20(18)27-23(32)21-22-25-8-3-9-29(22)14-26-21/h3,8-12,14-15,17,31,33H,4-7,13H2,1-2H3,(H,27,32)/t15-,17-. The largest absolute Gasteiger partial charge is 0.396 e. The molecule has 1 aromatic carbocycles. The van der Waals surface area contributed by atoms with E-state index in [1.165, 1.54) is 0 Å². The molecule has 0 unspecified atom stereocenters. The summed E-state index contributed by atoms with van der Waals surface area (Å²) in [4.78, 5) is 21.5. The summed E-state index contributed by atoms with van der Waals surface area (Å²) in [6, 6.07) is 5.75. The maximum absolute atomic E-state index is 13.1. The minimum absolute atomic E-state index is 0.216. The van der Waals surface area contributed by atoms with E-state index in [0.717, 1.165) is 36.6 Å². The Morgan fingerprint density at radius 2 is 2.00 bits per heavy atom. The van der Waals surface area contributed by atoms with Crippen molar-refractivity contribution in [1.82, 2.24) is 24.1 Å². The molecule has 3 aromatic heterocycles. The predicted octanol–water partition coefficient (Wildman–Crippen LogP) is 3.28. The first kappa shape index (κ1) is 21.5. The zero-order valence-electron chi connectivity index (χ0n) is 18.8. The van der Waals surface area contributed by atoms with Crippen LogP contribution in [0.1, 0.15) is 61.6 Å². The predicted molar refractivity (Wildman–Crippen MR) is 124 cm³/mol. The number of aliphatic hydroxyl groups is 2. The molecule has 0 bridgehead atoms. The number of hydrogen-bond acceptors (Lipinski definition) is 6. The van der Waals surface area contributed by atoms with E-state index in [1.54, 1.807) is 43.0 Å². The van der Waals surface area contributed by atoms with Gasteiger partial charge in [0.15, 0.2) is 11.3 Å². The third-order valence-electron chi connectivity index (χ3n) is 6.53. The number of nitrogens with one attached hydrogen (secondary N) is 1. The zero-order valence-corrected chi connectivity index (χ0v) is 18.8. The van der Waals surface area contributed by atoms with Crippen LogP contribution in [0.3, 0.4) is 0 Å². The lowest BCUT2D eigenvalue weighted by molar-refractivity contribution is 0.0794. The summed E-state index contributed by atoms with van der Waals surface area (Å²) in [5.74, 6) is -0.0147. The van der Waals surface area contributed by atoms with Gasteiger partial charge in [0, 0.05) is 41.8 Å². The third-order valence-corrected chi connectivity index (χ3v) is 6.53. The van der Waals surface area contributed by atoms with Gasteiger partial charge in [0.25, 0.3) is 5.91 Å². The summed E-state index contributed by atoms with van der Waals surface area (Å²) < 4.78 is 3.68. The molecule has 0 saturated heterocycles. The van der Waals surface area contributed by atoms with E-state index < -0.39 is 11.5 Å². The molecular formula is C24H28N6O3. The van der Waals surface area contributed by atoms with Crippen molar-refractivity contribution in [2.75, 3.05) is 11.9 Å². The van der Waals surface area contributed by atoms with Crippen LogP contribution in [-0.2, 0) is 5.60 Å². The zero-order chi connectivity index (χ0) is 23.2. The van der Waals surface area contributed by atoms with Gasteiger partial charge >= 0.3 is 0 Å². The van der Waals surface area contributed by atoms with Gasteiger partial charge in [-0.15, -0.1) is 0 Å². The van der Waals surface area contributed by atoms with Gasteiger partial charge in [-0.2, -0.15) is 5.10 Å². The number of amides is 1. The molecule has 5 rings (SSSR count). The van der Waals surface area contributed by atoms with Crippen LogP contribution in [0.25, 0.3) is 16.6 Å². The lowest BCUT2D eigenvalue weighted by Crippen LogP contribution is -2.21. The van der Waals surface area contributed by atoms with Crippen molar-refractivity contribution < 1.29 is 15.0 Å². The Morgan fingerprint density at radius 3 is 2.73 bits per heavy atom. The molecule has 1 amide bonds. The molecule has 4 aromatic rings. The summed E-state index contributed by atoms with van der Waals surface area (Å²) in [7, 11) is 0. The van der Waals surface area contributed by atoms with Crippen LogP contribution in [-0.4, -0.2) is 46.9 Å². The molecule has 3 N–H and O–H groups in total. The van der Waals surface area contributed by atoms with Crippen molar-refractivity contribution in [1.29, 1.82) is 0 Å². The molecule has 1 aliphatic carbocycles. The highest BCUT2D eigenvalue weighted by atomic mass is 16.3. The van der Waals surface area contributed by atoms with Gasteiger partial charge in [0.2, 0.25) is 0 Å². The minimum Gasteiger partial charge on any atom is -0.396 e. The molecule has 1 aliphatic rings. The number of nitrogens with zero attached hydrogens (tertiary/aromatic N) is 5. The molecule has 0 radical (unpaired) electrons. The number of hydrogen-bond donors (Lipinski definition) is 3. The molecule has 1 saturated carbocycles. The average molecular weight is 449 g/mol. The van der Waals surface area contributed by atoms with Gasteiger partial charge in [0.05, 0.1) is 17.2 Å². The topological polar surface area (TPSA) is 118 Å². The first-order chi connectivity index (χ1) is 15.8. The van der Waals surface area contributed by atoms with Crippen LogP contribution in [0.2, 0.25) is 0 Å². The number of carbonyl (C=O) groups is 1. The molecule has 0 spiro atoms. The average Bonchev–Trinajstić information content (AvgIpc) is 3.42. The van der Waals surface area contributed by atoms with Crippen molar-refractivity contribution >= 4 is 28.1 Å². The lowest BCUT2D eigenvalue weighted by Gasteiger charge is -2.27. The SMILES string of the molecule is CC(C)(O)c1cc2nn([C@H]3CC[C@H](CO)CC3)cc2cc1NC(=O)c1ncn2cccnc12. The summed E-state index contributed by atoms with van der Waals surface area (Å²) in [6.45, 7) is 3.61. The normalized spacial score (nSPS) is 19.3. The van der Waals surface area contributed by atoms with Gasteiger partial charge in [-0.3, -0.25) is 13.9 Å². The van der Waals surface area contributed by atoms with Crippen LogP contribution < -0.4 is 5.32 Å². The van der Waals surface area contributed by atoms with Crippen LogP contribution in [0, 0.1) is 5.92 Å². The Balaban J connectivity index is 1.48. The third kappa shape index (κ3) is 4.09. The molecule has 0 atom stereocenters. The van der Waals surface area contributed by atoms with Gasteiger partial charge in [-0.05, 0) is 63.6 Å². The Bertz CT molecular complexity index is 1310. The number of rotatable bonds is 5. The van der Waals surface area contributed by atoms with Crippen molar-refractivity contribution in [2.45, 2.75) is 51.2 Å². The number of fused-ring (bicyclic) bond motifs is 2. The van der Waals surface area contributed by atoms with Crippen molar-refractivity contribution in [3.05, 3.63) is 54.4 Å². The summed E-state index contributed by atoms with van der Waals surface area (Å²) in [6.07, 6.45) is 10.9. The second-order valence-corrected chi connectivity index (χ2v) is 9.38. The quantitative estimate of drug-likeness (QED) is 0.431. The van der Waals surface area contributed by atoms with E-state index in [9.17, 15) is 15.0 Å². The fourth-order valence-electron chi connectivity index (χ4n) is 4.66. The van der Waals surface area contributed by atoms with Gasteiger partial charge in [-0.1, -0.05) is 0 Å². The van der Waals surface area contributed by atoms with Crippen LogP contribution in [0.5, 0.6) is 0 Å². The summed E-state index contributed by atoms with van der Waals surface area (Å²) >= 11 is 0. The van der Waals surface area contributed by atoms with E-state index in [4.69, 9.17) is 5.10 Å². The summed E-state index contributed by atoms with van der Waals surface area (Å²) in [5, 5.41) is 28.8. The van der Waals surface area contributed by atoms with Gasteiger partial charge in [-0.25, -0.2) is 9.97 Å². The Hall–Kier alpha value is -3.30.